The fourth-order valence-electron chi connectivity index (χ4n) is 5.11. The molecule has 1 unspecified atom stereocenters. The van der Waals surface area contributed by atoms with Crippen molar-refractivity contribution >= 4 is 23.1 Å². The fourth-order valence-corrected chi connectivity index (χ4v) is 5.11. The second-order valence-electron chi connectivity index (χ2n) is 10.5. The van der Waals surface area contributed by atoms with Crippen molar-refractivity contribution in [3.05, 3.63) is 90.5 Å². The van der Waals surface area contributed by atoms with E-state index < -0.39 is 17.8 Å². The smallest absolute Gasteiger partial charge is 0.416 e. The van der Waals surface area contributed by atoms with E-state index >= 15 is 0 Å². The van der Waals surface area contributed by atoms with E-state index in [1.807, 2.05) is 22.7 Å². The predicted molar refractivity (Wildman–Crippen MR) is 150 cm³/mol. The zero-order valence-corrected chi connectivity index (χ0v) is 22.8. The third kappa shape index (κ3) is 5.11. The van der Waals surface area contributed by atoms with Crippen LogP contribution in [-0.2, 0) is 11.6 Å². The molecule has 42 heavy (non-hydrogen) atoms. The molecule has 1 fully saturated rings. The summed E-state index contributed by atoms with van der Waals surface area (Å²) in [5, 5.41) is 9.75. The maximum Gasteiger partial charge on any atom is 0.416 e. The molecular formula is C30H26F3N7O2. The molecule has 1 saturated carbocycles. The highest BCUT2D eigenvalue weighted by Crippen LogP contribution is 2.58. The van der Waals surface area contributed by atoms with E-state index in [1.165, 1.54) is 24.5 Å². The van der Waals surface area contributed by atoms with E-state index in [0.717, 1.165) is 34.7 Å². The lowest BCUT2D eigenvalue weighted by atomic mass is 10.0. The van der Waals surface area contributed by atoms with Crippen LogP contribution in [0.1, 0.15) is 32.0 Å². The lowest BCUT2D eigenvalue weighted by Gasteiger charge is -2.11. The van der Waals surface area contributed by atoms with Gasteiger partial charge in [0.15, 0.2) is 5.65 Å². The Kier molecular flexibility index (Phi) is 6.55. The average molecular weight is 574 g/mol. The van der Waals surface area contributed by atoms with E-state index in [9.17, 15) is 18.0 Å². The number of rotatable bonds is 6. The van der Waals surface area contributed by atoms with E-state index in [0.29, 0.717) is 17.6 Å². The summed E-state index contributed by atoms with van der Waals surface area (Å²) in [5.74, 6) is 1.64. The lowest BCUT2D eigenvalue weighted by molar-refractivity contribution is -0.137. The fraction of sp³-hybridized carbons (Fsp3) is 0.233. The van der Waals surface area contributed by atoms with Crippen molar-refractivity contribution in [3.63, 3.8) is 0 Å². The molecule has 6 rings (SSSR count). The van der Waals surface area contributed by atoms with Crippen LogP contribution in [0.5, 0.6) is 11.8 Å². The summed E-state index contributed by atoms with van der Waals surface area (Å²) in [5.41, 5.74) is 3.01. The summed E-state index contributed by atoms with van der Waals surface area (Å²) in [7, 11) is 0. The standard InChI is InChI=1S/C30H26F3N7O2/c1-17-18(2)29(17,3)25-11-12-26-34-16-24(40(26)39-25)19-7-9-23(10-8-19)42-28-35-14-22(15-36-28)38-27(41)37-21-6-4-5-20(13-21)30(31,32)33/h4-18H,1-3H3,(H2,37,38,41)/t17-,18+,29?. The van der Waals surface area contributed by atoms with E-state index in [2.05, 4.69) is 52.4 Å². The van der Waals surface area contributed by atoms with E-state index in [-0.39, 0.29) is 22.8 Å². The molecule has 9 nitrogen and oxygen atoms in total. The molecular weight excluding hydrogens is 547 g/mol. The normalized spacial score (nSPS) is 19.9. The molecule has 3 atom stereocenters. The third-order valence-corrected chi connectivity index (χ3v) is 8.14. The molecule has 3 aromatic heterocycles. The van der Waals surface area contributed by atoms with Crippen molar-refractivity contribution in [1.29, 1.82) is 0 Å². The molecule has 0 aliphatic heterocycles. The van der Waals surface area contributed by atoms with Gasteiger partial charge in [0.2, 0.25) is 0 Å². The van der Waals surface area contributed by atoms with Crippen LogP contribution in [0.2, 0.25) is 0 Å². The van der Waals surface area contributed by atoms with Crippen LogP contribution in [-0.4, -0.2) is 30.6 Å². The van der Waals surface area contributed by atoms with Crippen LogP contribution in [0.4, 0.5) is 29.3 Å². The number of halogens is 3. The molecule has 0 saturated heterocycles. The van der Waals surface area contributed by atoms with Crippen LogP contribution < -0.4 is 15.4 Å². The van der Waals surface area contributed by atoms with Gasteiger partial charge < -0.3 is 15.4 Å². The van der Waals surface area contributed by atoms with Crippen molar-refractivity contribution in [2.45, 2.75) is 32.4 Å². The van der Waals surface area contributed by atoms with E-state index in [4.69, 9.17) is 9.84 Å². The number of carbonyl (C=O) groups excluding carboxylic acids is 1. The second-order valence-corrected chi connectivity index (χ2v) is 10.5. The summed E-state index contributed by atoms with van der Waals surface area (Å²) in [4.78, 5) is 24.9. The number of nitrogens with one attached hydrogen (secondary N) is 2. The van der Waals surface area contributed by atoms with Gasteiger partial charge in [-0.25, -0.2) is 24.3 Å². The minimum atomic E-state index is -4.51. The van der Waals surface area contributed by atoms with E-state index in [1.54, 1.807) is 18.3 Å². The Hall–Kier alpha value is -5.00. The summed E-state index contributed by atoms with van der Waals surface area (Å²) in [6.45, 7) is 6.75. The average Bonchev–Trinajstić information content (AvgIpc) is 3.27. The SMILES string of the molecule is C[C@@H]1[C@H](C)C1(C)c1ccc2ncc(-c3ccc(Oc4ncc(NC(=O)Nc5cccc(C(F)(F)F)c5)cn4)cc3)n2n1. The molecule has 0 bridgehead atoms. The lowest BCUT2D eigenvalue weighted by Crippen LogP contribution is -2.20. The number of urea groups is 1. The van der Waals surface area contributed by atoms with Gasteiger partial charge in [0, 0.05) is 16.7 Å². The number of alkyl halides is 3. The monoisotopic (exact) mass is 573 g/mol. The van der Waals surface area contributed by atoms with Gasteiger partial charge in [0.05, 0.1) is 41.2 Å². The number of amides is 2. The van der Waals surface area contributed by atoms with Crippen molar-refractivity contribution in [2.75, 3.05) is 10.6 Å². The van der Waals surface area contributed by atoms with Gasteiger partial charge in [-0.3, -0.25) is 0 Å². The van der Waals surface area contributed by atoms with Gasteiger partial charge in [-0.05, 0) is 66.4 Å². The van der Waals surface area contributed by atoms with Crippen molar-refractivity contribution < 1.29 is 22.7 Å². The van der Waals surface area contributed by atoms with Crippen LogP contribution >= 0.6 is 0 Å². The number of anilines is 2. The summed E-state index contributed by atoms with van der Waals surface area (Å²) < 4.78 is 46.3. The Morgan fingerprint density at radius 2 is 1.60 bits per heavy atom. The van der Waals surface area contributed by atoms with Crippen molar-refractivity contribution in [3.8, 4) is 23.0 Å². The van der Waals surface area contributed by atoms with Crippen LogP contribution in [0, 0.1) is 11.8 Å². The molecule has 1 aliphatic rings. The molecule has 2 N–H and O–H groups in total. The highest BCUT2D eigenvalue weighted by atomic mass is 19.4. The quantitative estimate of drug-likeness (QED) is 0.223. The van der Waals surface area contributed by atoms with Gasteiger partial charge in [0.1, 0.15) is 5.75 Å². The first-order valence-electron chi connectivity index (χ1n) is 13.2. The Morgan fingerprint density at radius 1 is 0.905 bits per heavy atom. The van der Waals surface area contributed by atoms with Crippen LogP contribution in [0.25, 0.3) is 16.9 Å². The number of fused-ring (bicyclic) bond motifs is 1. The first kappa shape index (κ1) is 27.2. The van der Waals surface area contributed by atoms with Crippen molar-refractivity contribution in [1.82, 2.24) is 24.6 Å². The zero-order valence-electron chi connectivity index (χ0n) is 22.8. The highest BCUT2D eigenvalue weighted by Gasteiger charge is 2.57. The van der Waals surface area contributed by atoms with Gasteiger partial charge in [-0.15, -0.1) is 0 Å². The number of nitrogens with zero attached hydrogens (tertiary/aromatic N) is 5. The zero-order chi connectivity index (χ0) is 29.6. The first-order valence-corrected chi connectivity index (χ1v) is 13.2. The number of aromatic nitrogens is 5. The molecule has 2 amide bonds. The minimum Gasteiger partial charge on any atom is -0.424 e. The molecule has 214 valence electrons. The Balaban J connectivity index is 1.10. The number of imidazole rings is 1. The minimum absolute atomic E-state index is 0.00631. The van der Waals surface area contributed by atoms with Gasteiger partial charge >= 0.3 is 18.2 Å². The largest absolute Gasteiger partial charge is 0.424 e. The summed E-state index contributed by atoms with van der Waals surface area (Å²) in [6.07, 6.45) is -0.0696. The van der Waals surface area contributed by atoms with Gasteiger partial charge in [0.25, 0.3) is 0 Å². The number of ether oxygens (including phenoxy) is 1. The van der Waals surface area contributed by atoms with Gasteiger partial charge in [-0.2, -0.15) is 18.3 Å². The Morgan fingerprint density at radius 3 is 2.26 bits per heavy atom. The van der Waals surface area contributed by atoms with Crippen molar-refractivity contribution in [2.24, 2.45) is 11.8 Å². The number of carbonyl (C=O) groups is 1. The first-order chi connectivity index (χ1) is 20.0. The maximum absolute atomic E-state index is 12.9. The number of hydrogen-bond donors (Lipinski definition) is 2. The molecule has 2 aromatic carbocycles. The number of benzene rings is 2. The van der Waals surface area contributed by atoms with Crippen LogP contribution in [0.3, 0.4) is 0 Å². The predicted octanol–water partition coefficient (Wildman–Crippen LogP) is 7.18. The Labute approximate surface area is 238 Å². The molecule has 3 heterocycles. The van der Waals surface area contributed by atoms with Crippen LogP contribution in [0.15, 0.2) is 79.3 Å². The third-order valence-electron chi connectivity index (χ3n) is 8.14. The molecule has 0 radical (unpaired) electrons. The maximum atomic E-state index is 12.9. The second kappa shape index (κ2) is 10.1. The van der Waals surface area contributed by atoms with Gasteiger partial charge in [-0.1, -0.05) is 26.8 Å². The summed E-state index contributed by atoms with van der Waals surface area (Å²) in [6, 6.07) is 15.0. The molecule has 12 heteroatoms. The molecule has 0 spiro atoms. The molecule has 5 aromatic rings. The Bertz CT molecular complexity index is 1760. The topological polar surface area (TPSA) is 106 Å². The highest BCUT2D eigenvalue weighted by molar-refractivity contribution is 5.99. The molecule has 1 aliphatic carbocycles. The summed E-state index contributed by atoms with van der Waals surface area (Å²) >= 11 is 0. The number of hydrogen-bond acceptors (Lipinski definition) is 6.